The molecule has 1 aliphatic rings. The van der Waals surface area contributed by atoms with Crippen LogP contribution in [0, 0.1) is 13.8 Å². The normalized spacial score (nSPS) is 13.7. The van der Waals surface area contributed by atoms with Crippen molar-refractivity contribution in [1.29, 1.82) is 0 Å². The van der Waals surface area contributed by atoms with E-state index in [1.807, 2.05) is 86.6 Å². The molecule has 0 fully saturated rings. The van der Waals surface area contributed by atoms with Crippen molar-refractivity contribution in [2.45, 2.75) is 20.4 Å². The minimum Gasteiger partial charge on any atom is -0.496 e. The number of anilines is 1. The highest BCUT2D eigenvalue weighted by molar-refractivity contribution is 6.36. The van der Waals surface area contributed by atoms with Crippen LogP contribution in [0.5, 0.6) is 5.75 Å². The van der Waals surface area contributed by atoms with E-state index in [4.69, 9.17) is 4.74 Å². The number of amides is 2. The van der Waals surface area contributed by atoms with Gasteiger partial charge in [-0.05, 0) is 42.7 Å². The second kappa shape index (κ2) is 8.48. The average Bonchev–Trinajstić information content (AvgIpc) is 3.01. The zero-order valence-corrected chi connectivity index (χ0v) is 17.8. The molecule has 5 heteroatoms. The summed E-state index contributed by atoms with van der Waals surface area (Å²) in [5, 5.41) is 3.26. The number of methoxy groups -OCH3 is 1. The molecule has 1 aliphatic heterocycles. The Morgan fingerprint density at radius 1 is 0.871 bits per heavy atom. The highest BCUT2D eigenvalue weighted by Crippen LogP contribution is 2.33. The van der Waals surface area contributed by atoms with E-state index in [2.05, 4.69) is 5.32 Å². The van der Waals surface area contributed by atoms with Gasteiger partial charge in [0.25, 0.3) is 11.8 Å². The third kappa shape index (κ3) is 3.94. The molecule has 0 radical (unpaired) electrons. The lowest BCUT2D eigenvalue weighted by Crippen LogP contribution is -2.32. The second-order valence-corrected chi connectivity index (χ2v) is 7.57. The minimum absolute atomic E-state index is 0.135. The van der Waals surface area contributed by atoms with E-state index in [1.54, 1.807) is 7.11 Å². The number of carbonyl (C=O) groups excluding carboxylic acids is 2. The summed E-state index contributed by atoms with van der Waals surface area (Å²) < 4.78 is 5.41. The van der Waals surface area contributed by atoms with Crippen LogP contribution < -0.4 is 10.1 Å². The molecule has 0 aromatic heterocycles. The standard InChI is InChI=1S/C26H24N2O3/c1-17-13-14-18(2)21(15-17)27-24-23(19-9-5-4-6-10-19)25(29)28(26(24)30)16-20-11-7-8-12-22(20)31-3/h4-15,27H,16H2,1-3H3. The van der Waals surface area contributed by atoms with Gasteiger partial charge in [-0.25, -0.2) is 0 Å². The summed E-state index contributed by atoms with van der Waals surface area (Å²) in [5.74, 6) is -0.0362. The van der Waals surface area contributed by atoms with Crippen LogP contribution in [-0.4, -0.2) is 23.8 Å². The highest BCUT2D eigenvalue weighted by atomic mass is 16.5. The number of imide groups is 1. The summed E-state index contributed by atoms with van der Waals surface area (Å²) in [7, 11) is 1.58. The SMILES string of the molecule is COc1ccccc1CN1C(=O)C(Nc2cc(C)ccc2C)=C(c2ccccc2)C1=O. The predicted molar refractivity (Wildman–Crippen MR) is 121 cm³/mol. The van der Waals surface area contributed by atoms with Gasteiger partial charge in [-0.3, -0.25) is 14.5 Å². The molecular formula is C26H24N2O3. The lowest BCUT2D eigenvalue weighted by Gasteiger charge is -2.17. The number of para-hydroxylation sites is 1. The molecular weight excluding hydrogens is 388 g/mol. The second-order valence-electron chi connectivity index (χ2n) is 7.57. The van der Waals surface area contributed by atoms with E-state index in [1.165, 1.54) is 4.90 Å². The van der Waals surface area contributed by atoms with Crippen molar-refractivity contribution in [3.8, 4) is 5.75 Å². The molecule has 2 amide bonds. The fourth-order valence-electron chi connectivity index (χ4n) is 3.72. The van der Waals surface area contributed by atoms with Gasteiger partial charge < -0.3 is 10.1 Å². The zero-order chi connectivity index (χ0) is 22.0. The predicted octanol–water partition coefficient (Wildman–Crippen LogP) is 4.70. The summed E-state index contributed by atoms with van der Waals surface area (Å²) in [6, 6.07) is 22.7. The van der Waals surface area contributed by atoms with Crippen LogP contribution >= 0.6 is 0 Å². The van der Waals surface area contributed by atoms with E-state index >= 15 is 0 Å². The van der Waals surface area contributed by atoms with Crippen LogP contribution in [0.1, 0.15) is 22.3 Å². The smallest absolute Gasteiger partial charge is 0.278 e. The number of hydrogen-bond donors (Lipinski definition) is 1. The molecule has 5 nitrogen and oxygen atoms in total. The first-order chi connectivity index (χ1) is 15.0. The van der Waals surface area contributed by atoms with E-state index in [0.29, 0.717) is 22.6 Å². The van der Waals surface area contributed by atoms with Crippen LogP contribution in [-0.2, 0) is 16.1 Å². The minimum atomic E-state index is -0.351. The van der Waals surface area contributed by atoms with Gasteiger partial charge in [-0.15, -0.1) is 0 Å². The van der Waals surface area contributed by atoms with Gasteiger partial charge in [0.1, 0.15) is 11.4 Å². The van der Waals surface area contributed by atoms with Gasteiger partial charge in [-0.1, -0.05) is 60.7 Å². The van der Waals surface area contributed by atoms with E-state index in [-0.39, 0.29) is 18.4 Å². The van der Waals surface area contributed by atoms with Crippen molar-refractivity contribution in [3.63, 3.8) is 0 Å². The van der Waals surface area contributed by atoms with Gasteiger partial charge in [0.15, 0.2) is 0 Å². The maximum Gasteiger partial charge on any atom is 0.278 e. The number of nitrogens with zero attached hydrogens (tertiary/aromatic N) is 1. The quantitative estimate of drug-likeness (QED) is 0.596. The van der Waals surface area contributed by atoms with Crippen molar-refractivity contribution in [2.24, 2.45) is 0 Å². The number of rotatable bonds is 6. The monoisotopic (exact) mass is 412 g/mol. The molecule has 3 aromatic carbocycles. The average molecular weight is 412 g/mol. The van der Waals surface area contributed by atoms with Gasteiger partial charge in [0, 0.05) is 11.3 Å². The fraction of sp³-hybridized carbons (Fsp3) is 0.154. The number of aryl methyl sites for hydroxylation is 2. The molecule has 0 atom stereocenters. The van der Waals surface area contributed by atoms with Crippen molar-refractivity contribution < 1.29 is 14.3 Å². The van der Waals surface area contributed by atoms with Crippen LogP contribution in [0.3, 0.4) is 0 Å². The van der Waals surface area contributed by atoms with Gasteiger partial charge in [-0.2, -0.15) is 0 Å². The Hall–Kier alpha value is -3.86. The molecule has 0 aliphatic carbocycles. The Labute approximate surface area is 182 Å². The number of ether oxygens (including phenoxy) is 1. The molecule has 31 heavy (non-hydrogen) atoms. The molecule has 1 heterocycles. The maximum atomic E-state index is 13.4. The molecule has 0 spiro atoms. The molecule has 1 N–H and O–H groups in total. The van der Waals surface area contributed by atoms with Crippen molar-refractivity contribution >= 4 is 23.1 Å². The van der Waals surface area contributed by atoms with Crippen LogP contribution in [0.4, 0.5) is 5.69 Å². The van der Waals surface area contributed by atoms with E-state index in [9.17, 15) is 9.59 Å². The molecule has 4 rings (SSSR count). The number of nitrogens with one attached hydrogen (secondary N) is 1. The Balaban J connectivity index is 1.76. The molecule has 0 unspecified atom stereocenters. The van der Waals surface area contributed by atoms with Crippen LogP contribution in [0.25, 0.3) is 5.57 Å². The first-order valence-electron chi connectivity index (χ1n) is 10.1. The summed E-state index contributed by atoms with van der Waals surface area (Å²) in [6.45, 7) is 4.10. The summed E-state index contributed by atoms with van der Waals surface area (Å²) in [6.07, 6.45) is 0. The third-order valence-electron chi connectivity index (χ3n) is 5.40. The molecule has 156 valence electrons. The number of carbonyl (C=O) groups is 2. The lowest BCUT2D eigenvalue weighted by molar-refractivity contribution is -0.137. The Morgan fingerprint density at radius 3 is 2.32 bits per heavy atom. The van der Waals surface area contributed by atoms with E-state index in [0.717, 1.165) is 22.4 Å². The van der Waals surface area contributed by atoms with Gasteiger partial charge in [0.05, 0.1) is 19.2 Å². The fourth-order valence-corrected chi connectivity index (χ4v) is 3.72. The van der Waals surface area contributed by atoms with Gasteiger partial charge in [0.2, 0.25) is 0 Å². The molecule has 0 bridgehead atoms. The Bertz CT molecular complexity index is 1180. The number of benzene rings is 3. The lowest BCUT2D eigenvalue weighted by atomic mass is 10.0. The van der Waals surface area contributed by atoms with Crippen LogP contribution in [0.2, 0.25) is 0 Å². The van der Waals surface area contributed by atoms with Gasteiger partial charge >= 0.3 is 0 Å². The van der Waals surface area contributed by atoms with Crippen molar-refractivity contribution in [1.82, 2.24) is 4.90 Å². The van der Waals surface area contributed by atoms with E-state index < -0.39 is 0 Å². The summed E-state index contributed by atoms with van der Waals surface area (Å²) >= 11 is 0. The summed E-state index contributed by atoms with van der Waals surface area (Å²) in [4.78, 5) is 28.2. The third-order valence-corrected chi connectivity index (χ3v) is 5.40. The largest absolute Gasteiger partial charge is 0.496 e. The first kappa shape index (κ1) is 20.4. The summed E-state index contributed by atoms with van der Waals surface area (Å²) in [5.41, 5.74) is 5.01. The molecule has 3 aromatic rings. The van der Waals surface area contributed by atoms with Crippen molar-refractivity contribution in [2.75, 3.05) is 12.4 Å². The molecule has 0 saturated carbocycles. The highest BCUT2D eigenvalue weighted by Gasteiger charge is 2.39. The number of hydrogen-bond acceptors (Lipinski definition) is 4. The first-order valence-corrected chi connectivity index (χ1v) is 10.1. The maximum absolute atomic E-state index is 13.4. The van der Waals surface area contributed by atoms with Crippen LogP contribution in [0.15, 0.2) is 78.5 Å². The zero-order valence-electron chi connectivity index (χ0n) is 17.8. The molecule has 0 saturated heterocycles. The Morgan fingerprint density at radius 2 is 1.58 bits per heavy atom. The Kier molecular flexibility index (Phi) is 5.58. The van der Waals surface area contributed by atoms with Crippen molar-refractivity contribution in [3.05, 3.63) is 101 Å². The topological polar surface area (TPSA) is 58.6 Å².